The molecule has 0 bridgehead atoms. The first-order chi connectivity index (χ1) is 13.5. The SMILES string of the molecule is COC(=O)CNC(=O)CN1C(=O)c2ccccc2N2C(=O)c3ccccc3[C@@H]12. The summed E-state index contributed by atoms with van der Waals surface area (Å²) in [6.45, 7) is -0.592. The Morgan fingerprint density at radius 1 is 1.00 bits per heavy atom. The second-order valence-electron chi connectivity index (χ2n) is 6.44. The summed E-state index contributed by atoms with van der Waals surface area (Å²) in [6, 6.07) is 13.9. The lowest BCUT2D eigenvalue weighted by atomic mass is 10.0. The number of benzene rings is 2. The van der Waals surface area contributed by atoms with Gasteiger partial charge in [0.1, 0.15) is 19.3 Å². The van der Waals surface area contributed by atoms with Gasteiger partial charge in [-0.25, -0.2) is 0 Å². The molecule has 0 aromatic heterocycles. The molecule has 2 aromatic carbocycles. The van der Waals surface area contributed by atoms with Crippen LogP contribution in [0.1, 0.15) is 32.4 Å². The van der Waals surface area contributed by atoms with Crippen molar-refractivity contribution in [2.24, 2.45) is 0 Å². The molecule has 0 spiro atoms. The Morgan fingerprint density at radius 2 is 1.68 bits per heavy atom. The minimum atomic E-state index is -0.713. The van der Waals surface area contributed by atoms with Crippen LogP contribution in [0, 0.1) is 0 Å². The lowest BCUT2D eigenvalue weighted by molar-refractivity contribution is -0.141. The van der Waals surface area contributed by atoms with Crippen LogP contribution in [0.15, 0.2) is 48.5 Å². The Labute approximate surface area is 160 Å². The largest absolute Gasteiger partial charge is 0.468 e. The highest BCUT2D eigenvalue weighted by Gasteiger charge is 2.47. The van der Waals surface area contributed by atoms with Crippen molar-refractivity contribution in [2.75, 3.05) is 25.1 Å². The van der Waals surface area contributed by atoms with E-state index in [1.807, 2.05) is 0 Å². The van der Waals surface area contributed by atoms with Crippen molar-refractivity contribution >= 4 is 29.4 Å². The Kier molecular flexibility index (Phi) is 4.31. The number of hydrogen-bond acceptors (Lipinski definition) is 5. The third-order valence-corrected chi connectivity index (χ3v) is 4.85. The summed E-state index contributed by atoms with van der Waals surface area (Å²) in [5, 5.41) is 2.43. The second kappa shape index (κ2) is 6.80. The van der Waals surface area contributed by atoms with E-state index in [-0.39, 0.29) is 24.9 Å². The fourth-order valence-corrected chi connectivity index (χ4v) is 3.59. The molecule has 8 nitrogen and oxygen atoms in total. The number of hydrogen-bond donors (Lipinski definition) is 1. The van der Waals surface area contributed by atoms with Gasteiger partial charge >= 0.3 is 5.97 Å². The molecule has 2 aromatic rings. The molecule has 28 heavy (non-hydrogen) atoms. The van der Waals surface area contributed by atoms with Crippen LogP contribution < -0.4 is 10.2 Å². The molecule has 142 valence electrons. The van der Waals surface area contributed by atoms with E-state index >= 15 is 0 Å². The van der Waals surface area contributed by atoms with Gasteiger partial charge in [0.25, 0.3) is 11.8 Å². The maximum Gasteiger partial charge on any atom is 0.325 e. The van der Waals surface area contributed by atoms with E-state index in [9.17, 15) is 19.2 Å². The zero-order valence-corrected chi connectivity index (χ0v) is 15.0. The second-order valence-corrected chi connectivity index (χ2v) is 6.44. The normalized spacial score (nSPS) is 17.0. The Balaban J connectivity index is 1.72. The van der Waals surface area contributed by atoms with Gasteiger partial charge in [0.15, 0.2) is 0 Å². The zero-order chi connectivity index (χ0) is 19.8. The van der Waals surface area contributed by atoms with Crippen LogP contribution in [-0.2, 0) is 14.3 Å². The topological polar surface area (TPSA) is 96.0 Å². The van der Waals surface area contributed by atoms with Crippen LogP contribution in [0.4, 0.5) is 5.69 Å². The minimum absolute atomic E-state index is 0.222. The molecular formula is C20H17N3O5. The van der Waals surface area contributed by atoms with Crippen LogP contribution in [0.5, 0.6) is 0 Å². The van der Waals surface area contributed by atoms with E-state index in [0.717, 1.165) is 0 Å². The number of methoxy groups -OCH3 is 1. The highest BCUT2D eigenvalue weighted by molar-refractivity contribution is 6.17. The average molecular weight is 379 g/mol. The Bertz CT molecular complexity index is 1000. The van der Waals surface area contributed by atoms with Crippen molar-refractivity contribution in [1.82, 2.24) is 10.2 Å². The number of esters is 1. The van der Waals surface area contributed by atoms with Gasteiger partial charge in [0.2, 0.25) is 5.91 Å². The number of carbonyl (C=O) groups is 4. The first-order valence-electron chi connectivity index (χ1n) is 8.69. The van der Waals surface area contributed by atoms with Gasteiger partial charge in [0, 0.05) is 11.1 Å². The maximum absolute atomic E-state index is 13.1. The monoisotopic (exact) mass is 379 g/mol. The molecule has 1 atom stereocenters. The number of nitrogens with zero attached hydrogens (tertiary/aromatic N) is 2. The van der Waals surface area contributed by atoms with Gasteiger partial charge in [-0.05, 0) is 18.2 Å². The standard InChI is InChI=1S/C20H17N3O5/c1-28-17(25)10-21-16(24)11-22-18-12-6-2-3-7-13(12)20(27)23(18)15-9-5-4-8-14(15)19(22)26/h2-9,18H,10-11H2,1H3,(H,21,24)/t18-/m0/s1. The number of ether oxygens (including phenoxy) is 1. The molecule has 0 saturated heterocycles. The van der Waals surface area contributed by atoms with E-state index in [4.69, 9.17) is 0 Å². The summed E-state index contributed by atoms with van der Waals surface area (Å²) in [5.41, 5.74) is 2.03. The van der Waals surface area contributed by atoms with Gasteiger partial charge in [-0.3, -0.25) is 24.1 Å². The summed E-state index contributed by atoms with van der Waals surface area (Å²) in [5.74, 6) is -1.68. The lowest BCUT2D eigenvalue weighted by Gasteiger charge is -2.40. The van der Waals surface area contributed by atoms with Crippen molar-refractivity contribution in [1.29, 1.82) is 0 Å². The van der Waals surface area contributed by atoms with Crippen LogP contribution in [-0.4, -0.2) is 48.8 Å². The molecular weight excluding hydrogens is 362 g/mol. The van der Waals surface area contributed by atoms with Crippen molar-refractivity contribution in [2.45, 2.75) is 6.17 Å². The summed E-state index contributed by atoms with van der Waals surface area (Å²) < 4.78 is 4.50. The minimum Gasteiger partial charge on any atom is -0.468 e. The van der Waals surface area contributed by atoms with E-state index in [2.05, 4.69) is 10.1 Å². The van der Waals surface area contributed by atoms with E-state index < -0.39 is 18.0 Å². The van der Waals surface area contributed by atoms with Gasteiger partial charge in [-0.1, -0.05) is 30.3 Å². The molecule has 3 amide bonds. The molecule has 2 heterocycles. The van der Waals surface area contributed by atoms with Crippen molar-refractivity contribution in [3.8, 4) is 0 Å². The Morgan fingerprint density at radius 3 is 2.43 bits per heavy atom. The third kappa shape index (κ3) is 2.70. The average Bonchev–Trinajstić information content (AvgIpc) is 3.02. The van der Waals surface area contributed by atoms with Gasteiger partial charge in [0.05, 0.1) is 18.4 Å². The van der Waals surface area contributed by atoms with E-state index in [1.54, 1.807) is 48.5 Å². The number of rotatable bonds is 4. The molecule has 0 fully saturated rings. The van der Waals surface area contributed by atoms with Crippen molar-refractivity contribution < 1.29 is 23.9 Å². The number of para-hydroxylation sites is 1. The van der Waals surface area contributed by atoms with Gasteiger partial charge < -0.3 is 15.0 Å². The van der Waals surface area contributed by atoms with Crippen molar-refractivity contribution in [3.05, 3.63) is 65.2 Å². The molecule has 0 unspecified atom stereocenters. The highest BCUT2D eigenvalue weighted by atomic mass is 16.5. The van der Waals surface area contributed by atoms with E-state index in [0.29, 0.717) is 22.4 Å². The van der Waals surface area contributed by atoms with Crippen molar-refractivity contribution in [3.63, 3.8) is 0 Å². The summed E-state index contributed by atoms with van der Waals surface area (Å²) >= 11 is 0. The van der Waals surface area contributed by atoms with Gasteiger partial charge in [-0.15, -0.1) is 0 Å². The summed E-state index contributed by atoms with van der Waals surface area (Å²) in [6.07, 6.45) is -0.713. The maximum atomic E-state index is 13.1. The molecule has 4 rings (SSSR count). The number of carbonyl (C=O) groups excluding carboxylic acids is 4. The molecule has 8 heteroatoms. The number of fused-ring (bicyclic) bond motifs is 5. The molecule has 0 aliphatic carbocycles. The lowest BCUT2D eigenvalue weighted by Crippen LogP contribution is -2.51. The third-order valence-electron chi connectivity index (χ3n) is 4.85. The van der Waals surface area contributed by atoms with E-state index in [1.165, 1.54) is 16.9 Å². The Hall–Kier alpha value is -3.68. The smallest absolute Gasteiger partial charge is 0.325 e. The highest BCUT2D eigenvalue weighted by Crippen LogP contribution is 2.44. The molecule has 0 radical (unpaired) electrons. The predicted molar refractivity (Wildman–Crippen MR) is 98.5 cm³/mol. The quantitative estimate of drug-likeness (QED) is 0.803. The van der Waals surface area contributed by atoms with Crippen LogP contribution in [0.3, 0.4) is 0 Å². The van der Waals surface area contributed by atoms with Crippen LogP contribution in [0.2, 0.25) is 0 Å². The fraction of sp³-hybridized carbons (Fsp3) is 0.200. The molecule has 0 saturated carbocycles. The fourth-order valence-electron chi connectivity index (χ4n) is 3.59. The molecule has 1 N–H and O–H groups in total. The summed E-state index contributed by atoms with van der Waals surface area (Å²) in [7, 11) is 1.22. The number of nitrogens with one attached hydrogen (secondary N) is 1. The van der Waals surface area contributed by atoms with Crippen LogP contribution >= 0.6 is 0 Å². The zero-order valence-electron chi connectivity index (χ0n) is 15.0. The van der Waals surface area contributed by atoms with Gasteiger partial charge in [-0.2, -0.15) is 0 Å². The number of amides is 3. The predicted octanol–water partition coefficient (Wildman–Crippen LogP) is 1.09. The first-order valence-corrected chi connectivity index (χ1v) is 8.69. The summed E-state index contributed by atoms with van der Waals surface area (Å²) in [4.78, 5) is 52.6. The molecule has 2 aliphatic heterocycles. The van der Waals surface area contributed by atoms with Crippen LogP contribution in [0.25, 0.3) is 0 Å². The molecule has 2 aliphatic rings. The first kappa shape index (κ1) is 17.7. The number of anilines is 1.